The van der Waals surface area contributed by atoms with Gasteiger partial charge in [-0.3, -0.25) is 9.59 Å². The van der Waals surface area contributed by atoms with Crippen LogP contribution >= 0.6 is 0 Å². The number of amides is 1. The second kappa shape index (κ2) is 8.52. The van der Waals surface area contributed by atoms with Gasteiger partial charge in [-0.25, -0.2) is 9.48 Å². The van der Waals surface area contributed by atoms with Gasteiger partial charge in [-0.15, -0.1) is 0 Å². The van der Waals surface area contributed by atoms with E-state index in [-0.39, 0.29) is 11.4 Å². The number of alkyl halides is 3. The van der Waals surface area contributed by atoms with Crippen LogP contribution in [0.2, 0.25) is 0 Å². The topological polar surface area (TPSA) is 90.3 Å². The lowest BCUT2D eigenvalue weighted by molar-refractivity contribution is -0.149. The zero-order valence-corrected chi connectivity index (χ0v) is 17.1. The van der Waals surface area contributed by atoms with Crippen LogP contribution in [0.15, 0.2) is 35.1 Å². The van der Waals surface area contributed by atoms with Gasteiger partial charge in [0.1, 0.15) is 5.54 Å². The van der Waals surface area contributed by atoms with Crippen LogP contribution in [0.3, 0.4) is 0 Å². The molecule has 0 unspecified atom stereocenters. The molecule has 1 amide bonds. The first-order valence-electron chi connectivity index (χ1n) is 9.77. The van der Waals surface area contributed by atoms with Crippen molar-refractivity contribution in [2.45, 2.75) is 50.7 Å². The third-order valence-electron chi connectivity index (χ3n) is 5.40. The summed E-state index contributed by atoms with van der Waals surface area (Å²) in [5, 5.41) is 6.51. The van der Waals surface area contributed by atoms with Crippen molar-refractivity contribution < 1.29 is 27.5 Å². The van der Waals surface area contributed by atoms with Crippen LogP contribution in [-0.4, -0.2) is 34.3 Å². The molecule has 2 aromatic rings. The van der Waals surface area contributed by atoms with E-state index in [0.717, 1.165) is 23.2 Å². The van der Waals surface area contributed by atoms with Crippen LogP contribution in [-0.2, 0) is 15.7 Å². The fourth-order valence-electron chi connectivity index (χ4n) is 3.85. The lowest BCUT2D eigenvalue weighted by Crippen LogP contribution is -2.57. The molecule has 1 saturated carbocycles. The van der Waals surface area contributed by atoms with Crippen molar-refractivity contribution in [3.8, 4) is 5.69 Å². The van der Waals surface area contributed by atoms with Crippen LogP contribution in [0.25, 0.3) is 5.69 Å². The van der Waals surface area contributed by atoms with E-state index in [0.29, 0.717) is 25.7 Å². The van der Waals surface area contributed by atoms with E-state index in [1.165, 1.54) is 32.2 Å². The number of rotatable bonds is 4. The molecule has 1 N–H and O–H groups in total. The van der Waals surface area contributed by atoms with Gasteiger partial charge in [0.05, 0.1) is 18.4 Å². The first-order chi connectivity index (χ1) is 14.6. The van der Waals surface area contributed by atoms with Gasteiger partial charge in [0.2, 0.25) is 5.43 Å². The fourth-order valence-corrected chi connectivity index (χ4v) is 3.85. The summed E-state index contributed by atoms with van der Waals surface area (Å²) < 4.78 is 46.1. The molecule has 0 aliphatic heterocycles. The quantitative estimate of drug-likeness (QED) is 0.742. The summed E-state index contributed by atoms with van der Waals surface area (Å²) in [5.41, 5.74) is -3.81. The Bertz CT molecular complexity index is 1060. The number of esters is 1. The molecular formula is C21H22F3N3O4. The number of carbonyl (C=O) groups excluding carboxylic acids is 2. The number of nitrogens with zero attached hydrogens (tertiary/aromatic N) is 2. The predicted octanol–water partition coefficient (Wildman–Crippen LogP) is 3.17. The number of methoxy groups -OCH3 is 1. The largest absolute Gasteiger partial charge is 0.467 e. The highest BCUT2D eigenvalue weighted by Crippen LogP contribution is 2.34. The molecule has 0 spiro atoms. The molecule has 10 heteroatoms. The van der Waals surface area contributed by atoms with E-state index in [1.54, 1.807) is 0 Å². The summed E-state index contributed by atoms with van der Waals surface area (Å²) in [6, 6.07) is 5.77. The number of carbonyl (C=O) groups is 2. The number of para-hydroxylation sites is 1. The number of ether oxygens (including phenoxy) is 1. The van der Waals surface area contributed by atoms with Crippen LogP contribution in [0, 0.1) is 6.92 Å². The van der Waals surface area contributed by atoms with E-state index in [1.807, 2.05) is 0 Å². The van der Waals surface area contributed by atoms with Crippen molar-refractivity contribution in [3.05, 3.63) is 57.5 Å². The van der Waals surface area contributed by atoms with Gasteiger partial charge >= 0.3 is 12.1 Å². The Morgan fingerprint density at radius 3 is 2.42 bits per heavy atom. The average Bonchev–Trinajstić information content (AvgIpc) is 2.73. The van der Waals surface area contributed by atoms with E-state index < -0.39 is 40.3 Å². The zero-order chi connectivity index (χ0) is 22.8. The minimum absolute atomic E-state index is 0.124. The minimum Gasteiger partial charge on any atom is -0.467 e. The number of benzene rings is 1. The summed E-state index contributed by atoms with van der Waals surface area (Å²) in [7, 11) is 1.20. The van der Waals surface area contributed by atoms with Crippen LogP contribution in [0.1, 0.15) is 53.8 Å². The van der Waals surface area contributed by atoms with Gasteiger partial charge in [0, 0.05) is 11.8 Å². The summed E-state index contributed by atoms with van der Waals surface area (Å²) in [6.45, 7) is 1.42. The van der Waals surface area contributed by atoms with Crippen molar-refractivity contribution >= 4 is 11.9 Å². The average molecular weight is 437 g/mol. The van der Waals surface area contributed by atoms with Crippen molar-refractivity contribution in [1.29, 1.82) is 0 Å². The van der Waals surface area contributed by atoms with E-state index in [2.05, 4.69) is 10.4 Å². The molecule has 1 aliphatic rings. The maximum Gasteiger partial charge on any atom is 0.418 e. The molecule has 0 saturated heterocycles. The molecule has 166 valence electrons. The minimum atomic E-state index is -4.66. The molecule has 3 rings (SSSR count). The Morgan fingerprint density at radius 2 is 1.81 bits per heavy atom. The number of hydrogen-bond acceptors (Lipinski definition) is 5. The second-order valence-corrected chi connectivity index (χ2v) is 7.51. The van der Waals surface area contributed by atoms with Gasteiger partial charge in [-0.05, 0) is 31.9 Å². The zero-order valence-electron chi connectivity index (χ0n) is 17.1. The first kappa shape index (κ1) is 22.5. The van der Waals surface area contributed by atoms with E-state index in [9.17, 15) is 27.6 Å². The summed E-state index contributed by atoms with van der Waals surface area (Å²) in [4.78, 5) is 37.7. The number of hydrogen-bond donors (Lipinski definition) is 1. The number of nitrogens with one attached hydrogen (secondary N) is 1. The van der Waals surface area contributed by atoms with Gasteiger partial charge in [-0.2, -0.15) is 18.3 Å². The van der Waals surface area contributed by atoms with Crippen LogP contribution < -0.4 is 10.7 Å². The number of aryl methyl sites for hydroxylation is 1. The normalized spacial score (nSPS) is 15.9. The highest BCUT2D eigenvalue weighted by molar-refractivity contribution is 5.96. The first-order valence-corrected chi connectivity index (χ1v) is 9.77. The third-order valence-corrected chi connectivity index (χ3v) is 5.40. The molecule has 1 fully saturated rings. The Hall–Kier alpha value is -3.17. The molecular weight excluding hydrogens is 415 g/mol. The van der Waals surface area contributed by atoms with Crippen molar-refractivity contribution in [1.82, 2.24) is 15.1 Å². The molecule has 0 radical (unpaired) electrons. The maximum atomic E-state index is 13.5. The number of aromatic nitrogens is 2. The predicted molar refractivity (Wildman–Crippen MR) is 105 cm³/mol. The molecule has 1 aromatic carbocycles. The summed E-state index contributed by atoms with van der Waals surface area (Å²) >= 11 is 0. The van der Waals surface area contributed by atoms with Gasteiger partial charge in [-0.1, -0.05) is 31.4 Å². The molecule has 1 aliphatic carbocycles. The molecule has 31 heavy (non-hydrogen) atoms. The van der Waals surface area contributed by atoms with E-state index >= 15 is 0 Å². The maximum absolute atomic E-state index is 13.5. The Labute approximate surface area is 176 Å². The lowest BCUT2D eigenvalue weighted by atomic mass is 9.81. The van der Waals surface area contributed by atoms with Crippen molar-refractivity contribution in [3.63, 3.8) is 0 Å². The molecule has 1 heterocycles. The highest BCUT2D eigenvalue weighted by Gasteiger charge is 2.43. The Balaban J connectivity index is 2.05. The molecule has 0 bridgehead atoms. The van der Waals surface area contributed by atoms with Crippen molar-refractivity contribution in [2.24, 2.45) is 0 Å². The standard InChI is InChI=1S/C21H22F3N3O4/c1-13-12-16(28)17(18(29)25-20(19(30)31-2)10-6-3-7-11-20)26-27(13)15-9-5-4-8-14(15)21(22,23)24/h4-5,8-9,12H,3,6-7,10-11H2,1-2H3,(H,25,29). The number of halogens is 3. The second-order valence-electron chi connectivity index (χ2n) is 7.51. The third kappa shape index (κ3) is 4.47. The molecule has 7 nitrogen and oxygen atoms in total. The van der Waals surface area contributed by atoms with Gasteiger partial charge in [0.25, 0.3) is 5.91 Å². The highest BCUT2D eigenvalue weighted by atomic mass is 19.4. The Kier molecular flexibility index (Phi) is 6.19. The Morgan fingerprint density at radius 1 is 1.16 bits per heavy atom. The molecule has 0 atom stereocenters. The van der Waals surface area contributed by atoms with Gasteiger partial charge in [0.15, 0.2) is 5.69 Å². The van der Waals surface area contributed by atoms with Gasteiger partial charge < -0.3 is 10.1 Å². The van der Waals surface area contributed by atoms with Crippen LogP contribution in [0.5, 0.6) is 0 Å². The summed E-state index contributed by atoms with van der Waals surface area (Å²) in [6.07, 6.45) is -1.74. The SMILES string of the molecule is COC(=O)C1(NC(=O)c2nn(-c3ccccc3C(F)(F)F)c(C)cc2=O)CCCCC1. The lowest BCUT2D eigenvalue weighted by Gasteiger charge is -2.35. The van der Waals surface area contributed by atoms with Crippen molar-refractivity contribution in [2.75, 3.05) is 7.11 Å². The monoisotopic (exact) mass is 437 g/mol. The van der Waals surface area contributed by atoms with Crippen LogP contribution in [0.4, 0.5) is 13.2 Å². The fraction of sp³-hybridized carbons (Fsp3) is 0.429. The summed E-state index contributed by atoms with van der Waals surface area (Å²) in [5.74, 6) is -1.56. The molecule has 1 aromatic heterocycles. The van der Waals surface area contributed by atoms with E-state index in [4.69, 9.17) is 4.74 Å². The smallest absolute Gasteiger partial charge is 0.418 e.